The van der Waals surface area contributed by atoms with Crippen LogP contribution in [0.15, 0.2) is 18.2 Å². The van der Waals surface area contributed by atoms with E-state index in [1.54, 1.807) is 0 Å². The molecule has 4 heteroatoms. The third kappa shape index (κ3) is 2.07. The van der Waals surface area contributed by atoms with Crippen LogP contribution in [0.25, 0.3) is 0 Å². The SMILES string of the molecule is O=C1NCCOc2ccc(C(Cl)C3CCC3)cc21. The van der Waals surface area contributed by atoms with Gasteiger partial charge in [-0.3, -0.25) is 4.79 Å². The Kier molecular flexibility index (Phi) is 3.16. The molecule has 1 heterocycles. The Morgan fingerprint density at radius 1 is 1.39 bits per heavy atom. The number of nitrogens with one attached hydrogen (secondary N) is 1. The van der Waals surface area contributed by atoms with E-state index in [1.807, 2.05) is 18.2 Å². The van der Waals surface area contributed by atoms with Gasteiger partial charge >= 0.3 is 0 Å². The van der Waals surface area contributed by atoms with E-state index in [9.17, 15) is 4.79 Å². The van der Waals surface area contributed by atoms with Crippen molar-refractivity contribution < 1.29 is 9.53 Å². The summed E-state index contributed by atoms with van der Waals surface area (Å²) < 4.78 is 5.53. The standard InChI is InChI=1S/C14H16ClNO2/c15-13(9-2-1-3-9)10-4-5-12-11(8-10)14(17)16-6-7-18-12/h4-5,8-9,13H,1-3,6-7H2,(H,16,17). The fourth-order valence-electron chi connectivity index (χ4n) is 2.45. The van der Waals surface area contributed by atoms with Gasteiger partial charge in [0, 0.05) is 0 Å². The number of benzene rings is 1. The molecule has 0 radical (unpaired) electrons. The predicted octanol–water partition coefficient (Wildman–Crippen LogP) is 2.89. The molecule has 1 aromatic rings. The summed E-state index contributed by atoms with van der Waals surface area (Å²) in [5, 5.41) is 2.83. The molecule has 18 heavy (non-hydrogen) atoms. The lowest BCUT2D eigenvalue weighted by atomic mass is 9.80. The second kappa shape index (κ2) is 4.81. The van der Waals surface area contributed by atoms with Gasteiger partial charge in [-0.2, -0.15) is 0 Å². The van der Waals surface area contributed by atoms with Gasteiger partial charge in [0.05, 0.1) is 17.5 Å². The maximum absolute atomic E-state index is 11.9. The molecule has 1 atom stereocenters. The monoisotopic (exact) mass is 265 g/mol. The van der Waals surface area contributed by atoms with Crippen LogP contribution in [0.5, 0.6) is 5.75 Å². The highest BCUT2D eigenvalue weighted by atomic mass is 35.5. The molecule has 96 valence electrons. The number of rotatable bonds is 2. The summed E-state index contributed by atoms with van der Waals surface area (Å²) in [6.45, 7) is 1.07. The van der Waals surface area contributed by atoms with Gasteiger partial charge in [0.2, 0.25) is 0 Å². The molecule has 1 aliphatic heterocycles. The largest absolute Gasteiger partial charge is 0.491 e. The topological polar surface area (TPSA) is 38.3 Å². The van der Waals surface area contributed by atoms with Gasteiger partial charge in [-0.1, -0.05) is 12.5 Å². The van der Waals surface area contributed by atoms with Crippen molar-refractivity contribution in [1.82, 2.24) is 5.32 Å². The minimum absolute atomic E-state index is 0.0140. The number of ether oxygens (including phenoxy) is 1. The number of carbonyl (C=O) groups excluding carboxylic acids is 1. The number of carbonyl (C=O) groups is 1. The molecule has 0 saturated heterocycles. The molecule has 1 aromatic carbocycles. The molecule has 1 aliphatic carbocycles. The van der Waals surface area contributed by atoms with Gasteiger partial charge < -0.3 is 10.1 Å². The molecule has 0 bridgehead atoms. The van der Waals surface area contributed by atoms with E-state index in [0.717, 1.165) is 5.56 Å². The summed E-state index contributed by atoms with van der Waals surface area (Å²) in [7, 11) is 0. The van der Waals surface area contributed by atoms with Crippen LogP contribution in [0.2, 0.25) is 0 Å². The van der Waals surface area contributed by atoms with Gasteiger partial charge in [-0.15, -0.1) is 11.6 Å². The van der Waals surface area contributed by atoms with Crippen molar-refractivity contribution in [2.45, 2.75) is 24.6 Å². The maximum atomic E-state index is 11.9. The molecule has 1 unspecified atom stereocenters. The molecule has 0 spiro atoms. The molecular formula is C14H16ClNO2. The van der Waals surface area contributed by atoms with Crippen LogP contribution in [0.3, 0.4) is 0 Å². The highest BCUT2D eigenvalue weighted by Gasteiger charge is 2.28. The minimum Gasteiger partial charge on any atom is -0.491 e. The number of fused-ring (bicyclic) bond motifs is 1. The molecule has 1 saturated carbocycles. The van der Waals surface area contributed by atoms with Crippen molar-refractivity contribution in [2.24, 2.45) is 5.92 Å². The Morgan fingerprint density at radius 2 is 2.22 bits per heavy atom. The van der Waals surface area contributed by atoms with E-state index in [4.69, 9.17) is 16.3 Å². The molecule has 1 fully saturated rings. The van der Waals surface area contributed by atoms with Crippen LogP contribution in [0, 0.1) is 5.92 Å². The van der Waals surface area contributed by atoms with Gasteiger partial charge in [0.15, 0.2) is 0 Å². The average molecular weight is 266 g/mol. The lowest BCUT2D eigenvalue weighted by molar-refractivity contribution is 0.0957. The Morgan fingerprint density at radius 3 is 2.94 bits per heavy atom. The highest BCUT2D eigenvalue weighted by molar-refractivity contribution is 6.21. The summed E-state index contributed by atoms with van der Waals surface area (Å²) in [5.74, 6) is 1.15. The molecule has 0 aromatic heterocycles. The summed E-state index contributed by atoms with van der Waals surface area (Å²) in [4.78, 5) is 11.9. The zero-order chi connectivity index (χ0) is 12.5. The Balaban J connectivity index is 1.91. The first-order valence-corrected chi connectivity index (χ1v) is 6.88. The Labute approximate surface area is 111 Å². The van der Waals surface area contributed by atoms with Gasteiger partial charge in [0.25, 0.3) is 5.91 Å². The minimum atomic E-state index is -0.0678. The fraction of sp³-hybridized carbons (Fsp3) is 0.500. The maximum Gasteiger partial charge on any atom is 0.255 e. The smallest absolute Gasteiger partial charge is 0.255 e. The number of amides is 1. The zero-order valence-electron chi connectivity index (χ0n) is 10.1. The summed E-state index contributed by atoms with van der Waals surface area (Å²) >= 11 is 6.47. The lowest BCUT2D eigenvalue weighted by Crippen LogP contribution is -2.24. The van der Waals surface area contributed by atoms with Crippen LogP contribution in [-0.4, -0.2) is 19.1 Å². The number of hydrogen-bond acceptors (Lipinski definition) is 2. The van der Waals surface area contributed by atoms with E-state index in [1.165, 1.54) is 19.3 Å². The molecule has 1 amide bonds. The van der Waals surface area contributed by atoms with Crippen LogP contribution in [0.1, 0.15) is 40.6 Å². The van der Waals surface area contributed by atoms with Crippen molar-refractivity contribution >= 4 is 17.5 Å². The van der Waals surface area contributed by atoms with Crippen molar-refractivity contribution in [3.63, 3.8) is 0 Å². The molecule has 1 N–H and O–H groups in total. The molecule has 3 nitrogen and oxygen atoms in total. The van der Waals surface area contributed by atoms with E-state index in [0.29, 0.717) is 30.4 Å². The molecule has 2 aliphatic rings. The average Bonchev–Trinajstić information content (AvgIpc) is 2.49. The van der Waals surface area contributed by atoms with Gasteiger partial charge in [-0.05, 0) is 36.5 Å². The fourth-order valence-corrected chi connectivity index (χ4v) is 2.84. The highest BCUT2D eigenvalue weighted by Crippen LogP contribution is 2.42. The van der Waals surface area contributed by atoms with Crippen molar-refractivity contribution in [1.29, 1.82) is 0 Å². The predicted molar refractivity (Wildman–Crippen MR) is 70.2 cm³/mol. The van der Waals surface area contributed by atoms with Crippen molar-refractivity contribution in [3.05, 3.63) is 29.3 Å². The van der Waals surface area contributed by atoms with Crippen LogP contribution < -0.4 is 10.1 Å². The number of hydrogen-bond donors (Lipinski definition) is 1. The van der Waals surface area contributed by atoms with Crippen LogP contribution in [-0.2, 0) is 0 Å². The molecule has 3 rings (SSSR count). The van der Waals surface area contributed by atoms with Gasteiger partial charge in [0.1, 0.15) is 12.4 Å². The lowest BCUT2D eigenvalue weighted by Gasteiger charge is -2.30. The Bertz CT molecular complexity index is 471. The first-order chi connectivity index (χ1) is 8.75. The van der Waals surface area contributed by atoms with E-state index in [-0.39, 0.29) is 11.3 Å². The van der Waals surface area contributed by atoms with Crippen LogP contribution in [0.4, 0.5) is 0 Å². The second-order valence-corrected chi connectivity index (χ2v) is 5.42. The number of halogens is 1. The summed E-state index contributed by atoms with van der Waals surface area (Å²) in [6, 6.07) is 5.73. The Hall–Kier alpha value is -1.22. The van der Waals surface area contributed by atoms with Crippen molar-refractivity contribution in [3.8, 4) is 5.75 Å². The normalized spacial score (nSPS) is 21.1. The third-order valence-corrected chi connectivity index (χ3v) is 4.38. The second-order valence-electron chi connectivity index (χ2n) is 4.95. The zero-order valence-corrected chi connectivity index (χ0v) is 10.9. The van der Waals surface area contributed by atoms with E-state index < -0.39 is 0 Å². The number of alkyl halides is 1. The van der Waals surface area contributed by atoms with E-state index in [2.05, 4.69) is 5.32 Å². The van der Waals surface area contributed by atoms with Gasteiger partial charge in [-0.25, -0.2) is 0 Å². The van der Waals surface area contributed by atoms with E-state index >= 15 is 0 Å². The third-order valence-electron chi connectivity index (χ3n) is 3.78. The first kappa shape index (κ1) is 11.8. The first-order valence-electron chi connectivity index (χ1n) is 6.45. The molecular weight excluding hydrogens is 250 g/mol. The van der Waals surface area contributed by atoms with Crippen molar-refractivity contribution in [2.75, 3.05) is 13.2 Å². The summed E-state index contributed by atoms with van der Waals surface area (Å²) in [5.41, 5.74) is 1.63. The van der Waals surface area contributed by atoms with Crippen LogP contribution >= 0.6 is 11.6 Å². The quantitative estimate of drug-likeness (QED) is 0.835. The summed E-state index contributed by atoms with van der Waals surface area (Å²) in [6.07, 6.45) is 3.64.